The van der Waals surface area contributed by atoms with E-state index in [1.807, 2.05) is 30.3 Å². The number of nitrogens with zero attached hydrogens (tertiary/aromatic N) is 2. The topological polar surface area (TPSA) is 96.7 Å². The molecular formula is C25H22N2O6S. The average molecular weight is 479 g/mol. The molecule has 2 aromatic heterocycles. The SMILES string of the molecule is COC(=O)c1ccc(Cn2cnc3sc(C(=O)OCCOc4ccccc4)c(C)c3c2=O)cc1. The second-order valence-electron chi connectivity index (χ2n) is 7.40. The summed E-state index contributed by atoms with van der Waals surface area (Å²) < 4.78 is 17.0. The van der Waals surface area contributed by atoms with Gasteiger partial charge >= 0.3 is 11.9 Å². The number of ether oxygens (including phenoxy) is 3. The highest BCUT2D eigenvalue weighted by Crippen LogP contribution is 2.27. The Morgan fingerprint density at radius 1 is 1.00 bits per heavy atom. The Hall–Kier alpha value is -3.98. The molecule has 0 radical (unpaired) electrons. The normalized spacial score (nSPS) is 10.8. The standard InChI is InChI=1S/C25H22N2O6S/c1-16-20-22(34-21(16)25(30)33-13-12-32-19-6-4-3-5-7-19)26-15-27(23(20)28)14-17-8-10-18(11-9-17)24(29)31-2/h3-11,15H,12-14H2,1-2H3. The number of aromatic nitrogens is 2. The van der Waals surface area contributed by atoms with E-state index >= 15 is 0 Å². The fourth-order valence-corrected chi connectivity index (χ4v) is 4.44. The van der Waals surface area contributed by atoms with Crippen LogP contribution >= 0.6 is 11.3 Å². The van der Waals surface area contributed by atoms with Crippen molar-refractivity contribution in [2.45, 2.75) is 13.5 Å². The minimum absolute atomic E-state index is 0.0840. The lowest BCUT2D eigenvalue weighted by Crippen LogP contribution is -2.21. The van der Waals surface area contributed by atoms with Crippen LogP contribution in [-0.4, -0.2) is 41.8 Å². The van der Waals surface area contributed by atoms with Crippen LogP contribution in [0.4, 0.5) is 0 Å². The minimum atomic E-state index is -0.512. The van der Waals surface area contributed by atoms with Gasteiger partial charge in [0, 0.05) is 0 Å². The van der Waals surface area contributed by atoms with Gasteiger partial charge in [0.1, 0.15) is 28.7 Å². The van der Waals surface area contributed by atoms with Crippen LogP contribution in [0, 0.1) is 6.92 Å². The molecule has 0 atom stereocenters. The predicted molar refractivity (Wildman–Crippen MR) is 128 cm³/mol. The molecule has 0 aliphatic heterocycles. The third kappa shape index (κ3) is 4.99. The van der Waals surface area contributed by atoms with Gasteiger partial charge in [-0.15, -0.1) is 11.3 Å². The summed E-state index contributed by atoms with van der Waals surface area (Å²) in [6.07, 6.45) is 1.46. The van der Waals surface area contributed by atoms with E-state index in [9.17, 15) is 14.4 Å². The van der Waals surface area contributed by atoms with E-state index in [1.54, 1.807) is 31.2 Å². The average Bonchev–Trinajstić information content (AvgIpc) is 3.21. The molecule has 0 bridgehead atoms. The Balaban J connectivity index is 1.46. The molecule has 8 nitrogen and oxygen atoms in total. The number of benzene rings is 2. The number of carbonyl (C=O) groups excluding carboxylic acids is 2. The Bertz CT molecular complexity index is 1380. The fourth-order valence-electron chi connectivity index (χ4n) is 3.40. The smallest absolute Gasteiger partial charge is 0.348 e. The number of esters is 2. The van der Waals surface area contributed by atoms with E-state index in [0.717, 1.165) is 16.9 Å². The molecule has 0 fully saturated rings. The summed E-state index contributed by atoms with van der Waals surface area (Å²) in [5, 5.41) is 0.395. The quantitative estimate of drug-likeness (QED) is 0.280. The van der Waals surface area contributed by atoms with Crippen LogP contribution in [0.3, 0.4) is 0 Å². The third-order valence-corrected chi connectivity index (χ3v) is 6.34. The molecule has 2 heterocycles. The molecule has 9 heteroatoms. The second-order valence-corrected chi connectivity index (χ2v) is 8.40. The van der Waals surface area contributed by atoms with Crippen LogP contribution in [0.1, 0.15) is 31.2 Å². The maximum Gasteiger partial charge on any atom is 0.348 e. The molecule has 0 unspecified atom stereocenters. The first-order valence-corrected chi connectivity index (χ1v) is 11.3. The van der Waals surface area contributed by atoms with Gasteiger partial charge in [-0.3, -0.25) is 9.36 Å². The van der Waals surface area contributed by atoms with Crippen molar-refractivity contribution in [3.63, 3.8) is 0 Å². The fraction of sp³-hybridized carbons (Fsp3) is 0.200. The molecule has 0 N–H and O–H groups in total. The van der Waals surface area contributed by atoms with Crippen molar-refractivity contribution in [2.24, 2.45) is 0 Å². The zero-order valence-electron chi connectivity index (χ0n) is 18.6. The molecule has 4 aromatic rings. The highest BCUT2D eigenvalue weighted by Gasteiger charge is 2.20. The van der Waals surface area contributed by atoms with Crippen molar-refractivity contribution in [1.29, 1.82) is 0 Å². The largest absolute Gasteiger partial charge is 0.490 e. The molecular weight excluding hydrogens is 456 g/mol. The van der Waals surface area contributed by atoms with Gasteiger partial charge in [0.15, 0.2) is 0 Å². The Labute approximate surface area is 199 Å². The van der Waals surface area contributed by atoms with Gasteiger partial charge in [0.25, 0.3) is 5.56 Å². The van der Waals surface area contributed by atoms with Crippen LogP contribution in [0.15, 0.2) is 65.7 Å². The monoisotopic (exact) mass is 478 g/mol. The van der Waals surface area contributed by atoms with Crippen molar-refractivity contribution in [2.75, 3.05) is 20.3 Å². The lowest BCUT2D eigenvalue weighted by atomic mass is 10.1. The van der Waals surface area contributed by atoms with Crippen molar-refractivity contribution in [3.05, 3.63) is 92.8 Å². The summed E-state index contributed by atoms with van der Waals surface area (Å²) in [4.78, 5) is 42.5. The Kier molecular flexibility index (Phi) is 7.03. The predicted octanol–water partition coefficient (Wildman–Crippen LogP) is 3.84. The van der Waals surface area contributed by atoms with E-state index in [0.29, 0.717) is 32.0 Å². The van der Waals surface area contributed by atoms with E-state index in [-0.39, 0.29) is 25.3 Å². The highest BCUT2D eigenvalue weighted by atomic mass is 32.1. The summed E-state index contributed by atoms with van der Waals surface area (Å²) in [5.41, 5.74) is 1.55. The number of carbonyl (C=O) groups is 2. The van der Waals surface area contributed by atoms with E-state index in [1.165, 1.54) is 18.0 Å². The summed E-state index contributed by atoms with van der Waals surface area (Å²) in [7, 11) is 1.32. The number of para-hydroxylation sites is 1. The Morgan fingerprint density at radius 3 is 2.44 bits per heavy atom. The van der Waals surface area contributed by atoms with Crippen molar-refractivity contribution in [1.82, 2.24) is 9.55 Å². The van der Waals surface area contributed by atoms with Crippen LogP contribution < -0.4 is 10.3 Å². The summed E-state index contributed by atoms with van der Waals surface area (Å²) in [6.45, 7) is 2.30. The van der Waals surface area contributed by atoms with E-state index in [4.69, 9.17) is 14.2 Å². The van der Waals surface area contributed by atoms with Crippen molar-refractivity contribution < 1.29 is 23.8 Å². The number of fused-ring (bicyclic) bond motifs is 1. The zero-order chi connectivity index (χ0) is 24.1. The molecule has 0 aliphatic carbocycles. The number of methoxy groups -OCH3 is 1. The van der Waals surface area contributed by atoms with Gasteiger partial charge in [0.2, 0.25) is 0 Å². The Morgan fingerprint density at radius 2 is 1.74 bits per heavy atom. The number of aryl methyl sites for hydroxylation is 1. The maximum atomic E-state index is 13.1. The molecule has 0 saturated heterocycles. The molecule has 2 aromatic carbocycles. The number of hydrogen-bond acceptors (Lipinski definition) is 8. The number of rotatable bonds is 8. The first-order valence-electron chi connectivity index (χ1n) is 10.5. The molecule has 4 rings (SSSR count). The first kappa shape index (κ1) is 23.2. The molecule has 0 spiro atoms. The van der Waals surface area contributed by atoms with Crippen LogP contribution in [0.25, 0.3) is 10.2 Å². The lowest BCUT2D eigenvalue weighted by Gasteiger charge is -2.07. The summed E-state index contributed by atoms with van der Waals surface area (Å²) >= 11 is 1.13. The summed E-state index contributed by atoms with van der Waals surface area (Å²) in [6, 6.07) is 16.0. The number of hydrogen-bond donors (Lipinski definition) is 0. The molecule has 34 heavy (non-hydrogen) atoms. The maximum absolute atomic E-state index is 13.1. The van der Waals surface area contributed by atoms with Crippen LogP contribution in [-0.2, 0) is 16.0 Å². The van der Waals surface area contributed by atoms with Crippen LogP contribution in [0.5, 0.6) is 5.75 Å². The van der Waals surface area contributed by atoms with Gasteiger partial charge < -0.3 is 14.2 Å². The van der Waals surface area contributed by atoms with Crippen molar-refractivity contribution in [3.8, 4) is 5.75 Å². The zero-order valence-corrected chi connectivity index (χ0v) is 19.5. The van der Waals surface area contributed by atoms with Gasteiger partial charge in [-0.05, 0) is 42.3 Å². The molecule has 0 aliphatic rings. The number of thiophene rings is 1. The van der Waals surface area contributed by atoms with E-state index < -0.39 is 11.9 Å². The van der Waals surface area contributed by atoms with Crippen LogP contribution in [0.2, 0.25) is 0 Å². The summed E-state index contributed by atoms with van der Waals surface area (Å²) in [5.74, 6) is -0.241. The lowest BCUT2D eigenvalue weighted by molar-refractivity contribution is 0.0455. The van der Waals surface area contributed by atoms with Gasteiger partial charge in [0.05, 0.1) is 30.9 Å². The van der Waals surface area contributed by atoms with Gasteiger partial charge in [-0.1, -0.05) is 30.3 Å². The highest BCUT2D eigenvalue weighted by molar-refractivity contribution is 7.20. The first-order chi connectivity index (χ1) is 16.5. The third-order valence-electron chi connectivity index (χ3n) is 5.16. The molecule has 174 valence electrons. The van der Waals surface area contributed by atoms with Gasteiger partial charge in [-0.2, -0.15) is 0 Å². The molecule has 0 amide bonds. The van der Waals surface area contributed by atoms with Crippen molar-refractivity contribution >= 4 is 33.5 Å². The second kappa shape index (κ2) is 10.3. The minimum Gasteiger partial charge on any atom is -0.490 e. The van der Waals surface area contributed by atoms with Gasteiger partial charge in [-0.25, -0.2) is 14.6 Å². The van der Waals surface area contributed by atoms with E-state index in [2.05, 4.69) is 4.98 Å². The molecule has 0 saturated carbocycles.